The predicted octanol–water partition coefficient (Wildman–Crippen LogP) is 0.202. The number of rotatable bonds is 8. The van der Waals surface area contributed by atoms with E-state index in [0.717, 1.165) is 29.1 Å². The molecule has 0 spiro atoms. The van der Waals surface area contributed by atoms with Gasteiger partial charge >= 0.3 is 5.97 Å². The normalized spacial score (nSPS) is 12.2. The summed E-state index contributed by atoms with van der Waals surface area (Å²) in [5.74, 6) is 0.0503. The molecular formula is C10H20O5Si. The zero-order chi connectivity index (χ0) is 12.4. The summed E-state index contributed by atoms with van der Waals surface area (Å²) in [6.07, 6.45) is 1.72. The molecule has 0 rings (SSSR count). The first-order valence-electron chi connectivity index (χ1n) is 5.21. The Bertz CT molecular complexity index is 239. The van der Waals surface area contributed by atoms with Crippen LogP contribution >= 0.6 is 0 Å². The third kappa shape index (κ3) is 5.29. The van der Waals surface area contributed by atoms with Crippen molar-refractivity contribution < 1.29 is 24.0 Å². The average Bonchev–Trinajstić information content (AvgIpc) is 2.28. The summed E-state index contributed by atoms with van der Waals surface area (Å²) in [7, 11) is 5.48. The van der Waals surface area contributed by atoms with Gasteiger partial charge in [-0.1, -0.05) is 6.04 Å². The summed E-state index contributed by atoms with van der Waals surface area (Å²) in [6, 6.07) is 1.16. The average molecular weight is 248 g/mol. The smallest absolute Gasteiger partial charge is 0.374 e. The molecule has 16 heavy (non-hydrogen) atoms. The molecule has 6 heteroatoms. The minimum atomic E-state index is -0.561. The van der Waals surface area contributed by atoms with Crippen LogP contribution in [0, 0.1) is 0 Å². The number of methoxy groups -OCH3 is 2. The second-order valence-corrected chi connectivity index (χ2v) is 4.18. The number of carbonyl (C=O) groups is 1. The van der Waals surface area contributed by atoms with Crippen molar-refractivity contribution in [2.45, 2.75) is 18.9 Å². The Balaban J connectivity index is 4.76. The first kappa shape index (κ1) is 15.1. The molecule has 0 fully saturated rings. The van der Waals surface area contributed by atoms with Gasteiger partial charge in [0.1, 0.15) is 11.3 Å². The highest BCUT2D eigenvalue weighted by Crippen LogP contribution is 2.15. The highest BCUT2D eigenvalue weighted by atomic mass is 28.1. The van der Waals surface area contributed by atoms with Crippen LogP contribution < -0.4 is 0 Å². The van der Waals surface area contributed by atoms with Crippen molar-refractivity contribution in [3.8, 4) is 0 Å². The topological polar surface area (TPSA) is 54.0 Å². The predicted molar refractivity (Wildman–Crippen MR) is 63.0 cm³/mol. The van der Waals surface area contributed by atoms with Gasteiger partial charge in [-0.3, -0.25) is 4.89 Å². The van der Waals surface area contributed by atoms with Crippen molar-refractivity contribution in [1.82, 2.24) is 0 Å². The minimum absolute atomic E-state index is 0.159. The Kier molecular flexibility index (Phi) is 8.88. The van der Waals surface area contributed by atoms with Gasteiger partial charge in [-0.2, -0.15) is 4.89 Å². The van der Waals surface area contributed by atoms with Crippen LogP contribution in [-0.2, 0) is 24.0 Å². The zero-order valence-corrected chi connectivity index (χ0v) is 12.4. The fraction of sp³-hybridized carbons (Fsp3) is 0.700. The number of carbonyl (C=O) groups excluding carboxylic acids is 1. The number of ether oxygens (including phenoxy) is 2. The Morgan fingerprint density at radius 3 is 2.38 bits per heavy atom. The molecule has 0 aliphatic carbocycles. The first-order valence-corrected chi connectivity index (χ1v) is 6.62. The summed E-state index contributed by atoms with van der Waals surface area (Å²) >= 11 is 0. The largest absolute Gasteiger partial charge is 0.500 e. The van der Waals surface area contributed by atoms with Crippen LogP contribution in [0.2, 0.25) is 6.04 Å². The molecular weight excluding hydrogens is 228 g/mol. The standard InChI is InChI=1S/C10H20O5Si/c1-12-7-8(10(11)15-14-3)9(13-2)5-4-6-16/h4-7H2,1-3,16H3. The van der Waals surface area contributed by atoms with Crippen molar-refractivity contribution in [3.05, 3.63) is 11.3 Å². The molecule has 5 nitrogen and oxygen atoms in total. The maximum atomic E-state index is 11.5. The van der Waals surface area contributed by atoms with Crippen molar-refractivity contribution in [2.24, 2.45) is 0 Å². The Morgan fingerprint density at radius 1 is 1.25 bits per heavy atom. The summed E-state index contributed by atoms with van der Waals surface area (Å²) in [6.45, 7) is 0.159. The van der Waals surface area contributed by atoms with Crippen LogP contribution in [0.5, 0.6) is 0 Å². The van der Waals surface area contributed by atoms with Crippen LogP contribution in [0.1, 0.15) is 12.8 Å². The molecule has 0 saturated heterocycles. The van der Waals surface area contributed by atoms with Gasteiger partial charge in [0.15, 0.2) is 0 Å². The number of hydrogen-bond acceptors (Lipinski definition) is 5. The van der Waals surface area contributed by atoms with Crippen molar-refractivity contribution in [3.63, 3.8) is 0 Å². The van der Waals surface area contributed by atoms with E-state index in [0.29, 0.717) is 11.3 Å². The fourth-order valence-electron chi connectivity index (χ4n) is 1.24. The summed E-state index contributed by atoms with van der Waals surface area (Å²) in [5.41, 5.74) is 0.377. The van der Waals surface area contributed by atoms with Gasteiger partial charge in [0.25, 0.3) is 0 Å². The van der Waals surface area contributed by atoms with E-state index in [4.69, 9.17) is 9.47 Å². The molecule has 0 aliphatic rings. The fourth-order valence-corrected chi connectivity index (χ4v) is 1.59. The van der Waals surface area contributed by atoms with E-state index in [9.17, 15) is 4.79 Å². The lowest BCUT2D eigenvalue weighted by Gasteiger charge is -2.11. The van der Waals surface area contributed by atoms with Gasteiger partial charge in [0, 0.05) is 23.8 Å². The van der Waals surface area contributed by atoms with E-state index in [2.05, 4.69) is 9.78 Å². The molecule has 0 unspecified atom stereocenters. The molecule has 0 atom stereocenters. The lowest BCUT2D eigenvalue weighted by molar-refractivity contribution is -0.251. The molecule has 0 aliphatic heterocycles. The summed E-state index contributed by atoms with van der Waals surface area (Å²) < 4.78 is 10.1. The van der Waals surface area contributed by atoms with Gasteiger partial charge < -0.3 is 9.47 Å². The van der Waals surface area contributed by atoms with Crippen molar-refractivity contribution in [2.75, 3.05) is 27.9 Å². The molecule has 0 aromatic carbocycles. The molecule has 94 valence electrons. The molecule has 0 N–H and O–H groups in total. The summed E-state index contributed by atoms with van der Waals surface area (Å²) in [4.78, 5) is 20.4. The quantitative estimate of drug-likeness (QED) is 0.202. The number of allylic oxidation sites excluding steroid dienone is 1. The molecule has 0 radical (unpaired) electrons. The Morgan fingerprint density at radius 2 is 1.94 bits per heavy atom. The van der Waals surface area contributed by atoms with E-state index in [1.54, 1.807) is 0 Å². The minimum Gasteiger partial charge on any atom is -0.500 e. The highest BCUT2D eigenvalue weighted by Gasteiger charge is 2.18. The highest BCUT2D eigenvalue weighted by molar-refractivity contribution is 6.08. The van der Waals surface area contributed by atoms with Gasteiger partial charge in [0.2, 0.25) is 0 Å². The van der Waals surface area contributed by atoms with Gasteiger partial charge in [0.05, 0.1) is 20.8 Å². The SMILES string of the molecule is COCC(C(=O)OOC)=C(CCC[SiH3])OC. The van der Waals surface area contributed by atoms with Gasteiger partial charge in [-0.15, -0.1) is 0 Å². The second-order valence-electron chi connectivity index (χ2n) is 3.18. The third-order valence-corrected chi connectivity index (χ3v) is 2.74. The van der Waals surface area contributed by atoms with E-state index in [1.165, 1.54) is 21.3 Å². The zero-order valence-electron chi connectivity index (χ0n) is 10.4. The molecule has 0 saturated carbocycles. The third-order valence-electron chi connectivity index (χ3n) is 2.03. The number of hydrogen-bond donors (Lipinski definition) is 0. The van der Waals surface area contributed by atoms with E-state index >= 15 is 0 Å². The molecule has 0 aromatic rings. The lowest BCUT2D eigenvalue weighted by Crippen LogP contribution is -2.15. The molecule has 0 heterocycles. The first-order chi connectivity index (χ1) is 7.71. The summed E-state index contributed by atoms with van der Waals surface area (Å²) in [5, 5.41) is 0. The second kappa shape index (κ2) is 9.38. The van der Waals surface area contributed by atoms with E-state index in [-0.39, 0.29) is 6.61 Å². The molecule has 0 bridgehead atoms. The Hall–Kier alpha value is -0.853. The van der Waals surface area contributed by atoms with Crippen LogP contribution in [0.25, 0.3) is 0 Å². The van der Waals surface area contributed by atoms with E-state index in [1.807, 2.05) is 0 Å². The van der Waals surface area contributed by atoms with Gasteiger partial charge in [-0.05, 0) is 6.42 Å². The van der Waals surface area contributed by atoms with Crippen LogP contribution in [-0.4, -0.2) is 44.1 Å². The monoisotopic (exact) mass is 248 g/mol. The van der Waals surface area contributed by atoms with Crippen LogP contribution in [0.4, 0.5) is 0 Å². The van der Waals surface area contributed by atoms with Crippen LogP contribution in [0.3, 0.4) is 0 Å². The van der Waals surface area contributed by atoms with Crippen molar-refractivity contribution in [1.29, 1.82) is 0 Å². The lowest BCUT2D eigenvalue weighted by atomic mass is 10.1. The molecule has 0 amide bonds. The maximum absolute atomic E-state index is 11.5. The van der Waals surface area contributed by atoms with Crippen molar-refractivity contribution >= 4 is 16.2 Å². The van der Waals surface area contributed by atoms with Gasteiger partial charge in [-0.25, -0.2) is 4.79 Å². The maximum Gasteiger partial charge on any atom is 0.374 e. The molecule has 0 aromatic heterocycles. The van der Waals surface area contributed by atoms with Crippen LogP contribution in [0.15, 0.2) is 11.3 Å². The Labute approximate surface area is 99.1 Å². The van der Waals surface area contributed by atoms with E-state index < -0.39 is 5.97 Å².